The van der Waals surface area contributed by atoms with Crippen LogP contribution in [-0.2, 0) is 25.6 Å². The molecule has 1 aromatic rings. The molecule has 0 spiro atoms. The number of aliphatic hydroxyl groups is 1. The van der Waals surface area contributed by atoms with Crippen molar-refractivity contribution in [2.24, 2.45) is 33.7 Å². The highest BCUT2D eigenvalue weighted by atomic mass is 16.6. The number of oxime groups is 1. The fourth-order valence-electron chi connectivity index (χ4n) is 8.21. The van der Waals surface area contributed by atoms with Gasteiger partial charge in [-0.15, -0.1) is 0 Å². The van der Waals surface area contributed by atoms with Gasteiger partial charge in [0.25, 0.3) is 5.91 Å². The molecule has 0 heterocycles. The topological polar surface area (TPSA) is 117 Å². The van der Waals surface area contributed by atoms with Crippen molar-refractivity contribution in [1.29, 1.82) is 0 Å². The third-order valence-corrected chi connectivity index (χ3v) is 10.8. The number of carbonyl (C=O) groups is 2. The highest BCUT2D eigenvalue weighted by Crippen LogP contribution is 2.66. The number of aromatic hydroxyl groups is 1. The molecule has 8 heteroatoms. The Morgan fingerprint density at radius 2 is 1.83 bits per heavy atom. The summed E-state index contributed by atoms with van der Waals surface area (Å²) in [6, 6.07) is 5.59. The lowest BCUT2D eigenvalue weighted by molar-refractivity contribution is -0.147. The number of allylic oxidation sites excluding steroid dienone is 4. The van der Waals surface area contributed by atoms with Crippen LogP contribution in [0, 0.1) is 28.6 Å². The van der Waals surface area contributed by atoms with Crippen molar-refractivity contribution in [3.63, 3.8) is 0 Å². The van der Waals surface area contributed by atoms with E-state index in [9.17, 15) is 19.8 Å². The average Bonchev–Trinajstić information content (AvgIpc) is 3.18. The average molecular weight is 565 g/mol. The van der Waals surface area contributed by atoms with Crippen molar-refractivity contribution in [2.45, 2.75) is 84.3 Å². The molecule has 4 aliphatic rings. The summed E-state index contributed by atoms with van der Waals surface area (Å²) in [6.07, 6.45) is 12.9. The quantitative estimate of drug-likeness (QED) is 0.307. The zero-order valence-electron chi connectivity index (χ0n) is 24.7. The number of esters is 1. The zero-order valence-corrected chi connectivity index (χ0v) is 24.7. The Morgan fingerprint density at radius 1 is 1.10 bits per heavy atom. The Bertz CT molecular complexity index is 1250. The number of nitrogens with zero attached hydrogens (tertiary/aromatic N) is 1. The number of phenols is 1. The van der Waals surface area contributed by atoms with Crippen LogP contribution in [0.1, 0.15) is 71.8 Å². The summed E-state index contributed by atoms with van der Waals surface area (Å²) in [7, 11) is 0. The molecule has 1 amide bonds. The van der Waals surface area contributed by atoms with Gasteiger partial charge in [0, 0.05) is 11.8 Å². The molecule has 222 valence electrons. The summed E-state index contributed by atoms with van der Waals surface area (Å²) in [5.74, 6) is 0.852. The highest BCUT2D eigenvalue weighted by Gasteiger charge is 2.62. The van der Waals surface area contributed by atoms with E-state index in [1.54, 1.807) is 19.1 Å². The van der Waals surface area contributed by atoms with Crippen LogP contribution >= 0.6 is 0 Å². The third-order valence-electron chi connectivity index (χ3n) is 10.8. The van der Waals surface area contributed by atoms with E-state index in [-0.39, 0.29) is 36.2 Å². The van der Waals surface area contributed by atoms with Crippen LogP contribution in [0.4, 0.5) is 0 Å². The van der Waals surface area contributed by atoms with Crippen LogP contribution in [0.25, 0.3) is 0 Å². The van der Waals surface area contributed by atoms with Gasteiger partial charge in [-0.05, 0) is 105 Å². The third kappa shape index (κ3) is 5.55. The summed E-state index contributed by atoms with van der Waals surface area (Å²) < 4.78 is 5.14. The van der Waals surface area contributed by atoms with Crippen LogP contribution in [-0.4, -0.2) is 52.7 Å². The van der Waals surface area contributed by atoms with Gasteiger partial charge >= 0.3 is 5.97 Å². The van der Waals surface area contributed by atoms with Crippen molar-refractivity contribution in [2.75, 3.05) is 13.2 Å². The predicted molar refractivity (Wildman–Crippen MR) is 156 cm³/mol. The van der Waals surface area contributed by atoms with E-state index >= 15 is 0 Å². The molecule has 0 radical (unpaired) electrons. The Balaban J connectivity index is 1.19. The molecule has 0 saturated heterocycles. The monoisotopic (exact) mass is 564 g/mol. The summed E-state index contributed by atoms with van der Waals surface area (Å²) >= 11 is 0. The van der Waals surface area contributed by atoms with Crippen molar-refractivity contribution >= 4 is 17.6 Å². The van der Waals surface area contributed by atoms with Crippen LogP contribution in [0.3, 0.4) is 0 Å². The fraction of sp³-hybridized carbons (Fsp3) is 0.606. The summed E-state index contributed by atoms with van der Waals surface area (Å²) in [6.45, 7) is 8.29. The van der Waals surface area contributed by atoms with Gasteiger partial charge in [0.2, 0.25) is 0 Å². The molecule has 41 heavy (non-hydrogen) atoms. The van der Waals surface area contributed by atoms with Gasteiger partial charge in [-0.3, -0.25) is 4.79 Å². The number of fused-ring (bicyclic) bond motifs is 5. The molecular weight excluding hydrogens is 520 g/mol. The molecule has 5 rings (SSSR count). The second kappa shape index (κ2) is 11.3. The van der Waals surface area contributed by atoms with Crippen LogP contribution < -0.4 is 5.32 Å². The molecule has 3 saturated carbocycles. The maximum Gasteiger partial charge on any atom is 0.328 e. The SMILES string of the molecule is CCOC(=O)[C@H](Cc1ccc(O)cc1)NC(=O)CON=C1C=C[C@]2(C)C(=C1)CC[C@@H]1[C@H]2CC[C@]2(C)[C@@H]1CC[C@]2(C)O. The lowest BCUT2D eigenvalue weighted by Crippen LogP contribution is -2.53. The number of nitrogens with one attached hydrogen (secondary N) is 1. The first kappa shape index (κ1) is 29.4. The molecular formula is C33H44N2O6. The van der Waals surface area contributed by atoms with Crippen LogP contribution in [0.5, 0.6) is 5.75 Å². The molecule has 8 nitrogen and oxygen atoms in total. The second-order valence-electron chi connectivity index (χ2n) is 13.0. The van der Waals surface area contributed by atoms with E-state index in [1.165, 1.54) is 17.7 Å². The van der Waals surface area contributed by atoms with Gasteiger partial charge in [0.15, 0.2) is 6.61 Å². The van der Waals surface area contributed by atoms with Gasteiger partial charge in [-0.25, -0.2) is 4.79 Å². The molecule has 0 bridgehead atoms. The number of rotatable bonds is 8. The Kier molecular flexibility index (Phi) is 8.07. The number of phenolic OH excluding ortho intramolecular Hbond substituents is 1. The van der Waals surface area contributed by atoms with E-state index in [1.807, 2.05) is 13.0 Å². The number of hydrogen-bond donors (Lipinski definition) is 3. The first-order valence-corrected chi connectivity index (χ1v) is 15.0. The van der Waals surface area contributed by atoms with E-state index in [0.717, 1.165) is 44.1 Å². The maximum atomic E-state index is 12.6. The highest BCUT2D eigenvalue weighted by molar-refractivity contribution is 6.05. The normalized spacial score (nSPS) is 35.5. The molecule has 3 N–H and O–H groups in total. The Morgan fingerprint density at radius 3 is 2.56 bits per heavy atom. The summed E-state index contributed by atoms with van der Waals surface area (Å²) in [5.41, 5.74) is 2.21. The standard InChI is InChI=1S/C33H44N2O6/c1-5-40-30(38)28(18-21-6-9-24(36)10-7-21)34-29(37)20-41-35-23-12-15-31(2)22(19-23)8-11-25-26(31)13-16-32(3)27(25)14-17-33(32,4)39/h6-7,9-10,12,15,19,25-28,36,39H,5,8,11,13-14,16-18,20H2,1-4H3,(H,34,37)/t25-,26-,27-,28+,31-,32-,33+/m1/s1. The molecule has 1 aromatic carbocycles. The lowest BCUT2D eigenvalue weighted by Gasteiger charge is -2.58. The van der Waals surface area contributed by atoms with Gasteiger partial charge in [-0.2, -0.15) is 0 Å². The van der Waals surface area contributed by atoms with Crippen LogP contribution in [0.2, 0.25) is 0 Å². The smallest absolute Gasteiger partial charge is 0.328 e. The van der Waals surface area contributed by atoms with Crippen molar-refractivity contribution in [1.82, 2.24) is 5.32 Å². The number of ether oxygens (including phenoxy) is 1. The first-order valence-electron chi connectivity index (χ1n) is 15.0. The van der Waals surface area contributed by atoms with Crippen molar-refractivity contribution in [3.8, 4) is 5.75 Å². The molecule has 0 aliphatic heterocycles. The predicted octanol–water partition coefficient (Wildman–Crippen LogP) is 4.85. The molecule has 4 aliphatic carbocycles. The first-order chi connectivity index (χ1) is 19.5. The summed E-state index contributed by atoms with van der Waals surface area (Å²) in [4.78, 5) is 30.5. The Hall–Kier alpha value is -3.13. The molecule has 0 aromatic heterocycles. The zero-order chi connectivity index (χ0) is 29.4. The van der Waals surface area contributed by atoms with Gasteiger partial charge < -0.3 is 25.1 Å². The van der Waals surface area contributed by atoms with E-state index < -0.39 is 23.5 Å². The van der Waals surface area contributed by atoms with Gasteiger partial charge in [0.05, 0.1) is 12.2 Å². The number of benzene rings is 1. The molecule has 7 atom stereocenters. The molecule has 3 fully saturated rings. The largest absolute Gasteiger partial charge is 0.508 e. The minimum atomic E-state index is -0.878. The fourth-order valence-corrected chi connectivity index (χ4v) is 8.21. The number of hydrogen-bond acceptors (Lipinski definition) is 7. The Labute approximate surface area is 242 Å². The minimum Gasteiger partial charge on any atom is -0.508 e. The van der Waals surface area contributed by atoms with Crippen molar-refractivity contribution < 1.29 is 29.4 Å². The number of carbonyl (C=O) groups excluding carboxylic acids is 2. The van der Waals surface area contributed by atoms with Crippen molar-refractivity contribution in [3.05, 3.63) is 53.6 Å². The van der Waals surface area contributed by atoms with E-state index in [0.29, 0.717) is 23.5 Å². The number of amides is 1. The maximum absolute atomic E-state index is 12.6. The lowest BCUT2D eigenvalue weighted by atomic mass is 9.47. The van der Waals surface area contributed by atoms with Crippen LogP contribution in [0.15, 0.2) is 53.2 Å². The van der Waals surface area contributed by atoms with Gasteiger partial charge in [-0.1, -0.05) is 42.8 Å². The van der Waals surface area contributed by atoms with E-state index in [4.69, 9.17) is 9.57 Å². The summed E-state index contributed by atoms with van der Waals surface area (Å²) in [5, 5.41) is 27.6. The minimum absolute atomic E-state index is 0.00149. The second-order valence-corrected chi connectivity index (χ2v) is 13.0. The van der Waals surface area contributed by atoms with Gasteiger partial charge in [0.1, 0.15) is 17.5 Å². The van der Waals surface area contributed by atoms with E-state index in [2.05, 4.69) is 36.5 Å². The molecule has 0 unspecified atom stereocenters.